The third-order valence-corrected chi connectivity index (χ3v) is 2.06. The molecule has 0 aliphatic heterocycles. The van der Waals surface area contributed by atoms with Gasteiger partial charge in [0.15, 0.2) is 0 Å². The lowest BCUT2D eigenvalue weighted by molar-refractivity contribution is -0.141. The number of hydrogen-bond acceptors (Lipinski definition) is 3. The van der Waals surface area contributed by atoms with Crippen molar-refractivity contribution in [2.75, 3.05) is 6.54 Å². The molecule has 7 heteroatoms. The molecule has 16 heavy (non-hydrogen) atoms. The van der Waals surface area contributed by atoms with Gasteiger partial charge in [-0.05, 0) is 13.3 Å². The molecular weight excluding hydrogens is 214 g/mol. The van der Waals surface area contributed by atoms with Crippen LogP contribution in [0.25, 0.3) is 0 Å². The van der Waals surface area contributed by atoms with Gasteiger partial charge in [-0.1, -0.05) is 6.92 Å². The van der Waals surface area contributed by atoms with Crippen molar-refractivity contribution in [1.29, 1.82) is 0 Å². The van der Waals surface area contributed by atoms with Gasteiger partial charge >= 0.3 is 12.0 Å². The highest BCUT2D eigenvalue weighted by Gasteiger charge is 2.13. The molecule has 2 atom stereocenters. The summed E-state index contributed by atoms with van der Waals surface area (Å²) in [5, 5.41) is 13.3. The molecule has 0 heterocycles. The highest BCUT2D eigenvalue weighted by molar-refractivity contribution is 5.85. The number of carboxylic acids is 1. The van der Waals surface area contributed by atoms with Gasteiger partial charge in [-0.3, -0.25) is 9.59 Å². The summed E-state index contributed by atoms with van der Waals surface area (Å²) < 4.78 is 0. The Morgan fingerprint density at radius 3 is 2.31 bits per heavy atom. The quantitative estimate of drug-likeness (QED) is 0.481. The van der Waals surface area contributed by atoms with E-state index in [4.69, 9.17) is 10.8 Å². The summed E-state index contributed by atoms with van der Waals surface area (Å²) in [6.07, 6.45) is 0.327. The number of nitrogens with one attached hydrogen (secondary N) is 2. The summed E-state index contributed by atoms with van der Waals surface area (Å²) in [6.45, 7) is 3.24. The first kappa shape index (κ1) is 14.2. The molecule has 0 fully saturated rings. The zero-order chi connectivity index (χ0) is 12.7. The summed E-state index contributed by atoms with van der Waals surface area (Å²) in [6, 6.07) is -1.29. The second kappa shape index (κ2) is 6.65. The van der Waals surface area contributed by atoms with Crippen LogP contribution in [-0.4, -0.2) is 35.6 Å². The topological polar surface area (TPSA) is 122 Å². The molecule has 3 amide bonds. The smallest absolute Gasteiger partial charge is 0.315 e. The number of primary amides is 1. The monoisotopic (exact) mass is 231 g/mol. The first-order valence-electron chi connectivity index (χ1n) is 4.91. The first-order chi connectivity index (χ1) is 7.34. The number of carboxylic acid groups (broad SMARTS) is 1. The predicted molar refractivity (Wildman–Crippen MR) is 56.6 cm³/mol. The average Bonchev–Trinajstić information content (AvgIpc) is 2.16. The van der Waals surface area contributed by atoms with Crippen molar-refractivity contribution in [3.05, 3.63) is 0 Å². The second-order valence-electron chi connectivity index (χ2n) is 3.55. The molecule has 0 bridgehead atoms. The molecule has 0 aliphatic rings. The zero-order valence-corrected chi connectivity index (χ0v) is 9.32. The van der Waals surface area contributed by atoms with Crippen molar-refractivity contribution in [2.45, 2.75) is 26.3 Å². The first-order valence-corrected chi connectivity index (χ1v) is 4.91. The lowest BCUT2D eigenvalue weighted by Gasteiger charge is -2.12. The number of hydrogen-bond donors (Lipinski definition) is 4. The van der Waals surface area contributed by atoms with Gasteiger partial charge in [-0.15, -0.1) is 0 Å². The summed E-state index contributed by atoms with van der Waals surface area (Å²) in [7, 11) is 0. The summed E-state index contributed by atoms with van der Waals surface area (Å²) in [5.74, 6) is -2.06. The van der Waals surface area contributed by atoms with E-state index in [9.17, 15) is 14.4 Å². The van der Waals surface area contributed by atoms with Gasteiger partial charge in [0.1, 0.15) is 6.04 Å². The molecule has 0 aromatic heterocycles. The SMILES string of the molecule is CC(CCNC(=O)NC(C)C(N)=O)C(=O)O. The maximum Gasteiger partial charge on any atom is 0.315 e. The molecule has 0 aromatic carbocycles. The number of urea groups is 1. The largest absolute Gasteiger partial charge is 0.481 e. The minimum Gasteiger partial charge on any atom is -0.481 e. The van der Waals surface area contributed by atoms with E-state index in [-0.39, 0.29) is 6.54 Å². The molecule has 0 aromatic rings. The Kier molecular flexibility index (Phi) is 5.91. The Morgan fingerprint density at radius 2 is 1.88 bits per heavy atom. The molecule has 0 saturated carbocycles. The van der Waals surface area contributed by atoms with Crippen LogP contribution < -0.4 is 16.4 Å². The highest BCUT2D eigenvalue weighted by Crippen LogP contribution is 1.99. The van der Waals surface area contributed by atoms with Crippen LogP contribution in [0.3, 0.4) is 0 Å². The number of nitrogens with two attached hydrogens (primary N) is 1. The van der Waals surface area contributed by atoms with Gasteiger partial charge in [0.2, 0.25) is 5.91 Å². The van der Waals surface area contributed by atoms with E-state index in [0.717, 1.165) is 0 Å². The van der Waals surface area contributed by atoms with Crippen LogP contribution in [0, 0.1) is 5.92 Å². The lowest BCUT2D eigenvalue weighted by atomic mass is 10.1. The van der Waals surface area contributed by atoms with Crippen LogP contribution in [0.2, 0.25) is 0 Å². The van der Waals surface area contributed by atoms with Crippen LogP contribution in [0.1, 0.15) is 20.3 Å². The zero-order valence-electron chi connectivity index (χ0n) is 9.32. The van der Waals surface area contributed by atoms with Crippen molar-refractivity contribution < 1.29 is 19.5 Å². The summed E-state index contributed by atoms with van der Waals surface area (Å²) >= 11 is 0. The van der Waals surface area contributed by atoms with Gasteiger partial charge in [-0.2, -0.15) is 0 Å². The van der Waals surface area contributed by atoms with E-state index in [2.05, 4.69) is 10.6 Å². The van der Waals surface area contributed by atoms with Gasteiger partial charge in [0.05, 0.1) is 5.92 Å². The van der Waals surface area contributed by atoms with Crippen LogP contribution in [-0.2, 0) is 9.59 Å². The molecule has 2 unspecified atom stereocenters. The predicted octanol–water partition coefficient (Wildman–Crippen LogP) is -0.730. The third-order valence-electron chi connectivity index (χ3n) is 2.06. The number of amides is 3. The maximum absolute atomic E-state index is 11.1. The molecule has 0 saturated heterocycles. The molecule has 0 aliphatic carbocycles. The normalized spacial score (nSPS) is 13.6. The van der Waals surface area contributed by atoms with Crippen LogP contribution in [0.4, 0.5) is 4.79 Å². The van der Waals surface area contributed by atoms with Gasteiger partial charge < -0.3 is 21.5 Å². The van der Waals surface area contributed by atoms with E-state index in [1.807, 2.05) is 0 Å². The lowest BCUT2D eigenvalue weighted by Crippen LogP contribution is -2.47. The molecular formula is C9H17N3O4. The van der Waals surface area contributed by atoms with Crippen molar-refractivity contribution >= 4 is 17.9 Å². The Labute approximate surface area is 93.4 Å². The molecule has 0 rings (SSSR count). The Bertz CT molecular complexity index is 280. The fourth-order valence-electron chi connectivity index (χ4n) is 0.844. The van der Waals surface area contributed by atoms with Gasteiger partial charge in [-0.25, -0.2) is 4.79 Å². The van der Waals surface area contributed by atoms with Crippen LogP contribution in [0.5, 0.6) is 0 Å². The van der Waals surface area contributed by atoms with Crippen molar-refractivity contribution in [1.82, 2.24) is 10.6 Å². The highest BCUT2D eigenvalue weighted by atomic mass is 16.4. The number of rotatable bonds is 6. The number of carbonyl (C=O) groups is 3. The standard InChI is InChI=1S/C9H17N3O4/c1-5(8(14)15)3-4-11-9(16)12-6(2)7(10)13/h5-6H,3-4H2,1-2H3,(H2,10,13)(H,14,15)(H2,11,12,16). The Morgan fingerprint density at radius 1 is 1.31 bits per heavy atom. The fourth-order valence-corrected chi connectivity index (χ4v) is 0.844. The molecule has 7 nitrogen and oxygen atoms in total. The number of carbonyl (C=O) groups excluding carboxylic acids is 2. The molecule has 0 spiro atoms. The van der Waals surface area contributed by atoms with Crippen molar-refractivity contribution in [3.63, 3.8) is 0 Å². The fraction of sp³-hybridized carbons (Fsp3) is 0.667. The molecule has 0 radical (unpaired) electrons. The summed E-state index contributed by atoms with van der Waals surface area (Å²) in [4.78, 5) is 32.2. The Balaban J connectivity index is 3.74. The average molecular weight is 231 g/mol. The molecule has 92 valence electrons. The van der Waals surface area contributed by atoms with E-state index in [1.54, 1.807) is 6.92 Å². The second-order valence-corrected chi connectivity index (χ2v) is 3.55. The minimum atomic E-state index is -0.910. The van der Waals surface area contributed by atoms with E-state index in [1.165, 1.54) is 6.92 Å². The van der Waals surface area contributed by atoms with E-state index in [0.29, 0.717) is 6.42 Å². The minimum absolute atomic E-state index is 0.227. The Hall–Kier alpha value is -1.79. The van der Waals surface area contributed by atoms with Gasteiger partial charge in [0.25, 0.3) is 0 Å². The summed E-state index contributed by atoms with van der Waals surface area (Å²) in [5.41, 5.74) is 4.94. The van der Waals surface area contributed by atoms with Crippen molar-refractivity contribution in [3.8, 4) is 0 Å². The van der Waals surface area contributed by atoms with Crippen molar-refractivity contribution in [2.24, 2.45) is 11.7 Å². The number of aliphatic carboxylic acids is 1. The maximum atomic E-state index is 11.1. The molecule has 5 N–H and O–H groups in total. The van der Waals surface area contributed by atoms with E-state index < -0.39 is 29.9 Å². The van der Waals surface area contributed by atoms with Gasteiger partial charge in [0, 0.05) is 6.54 Å². The van der Waals surface area contributed by atoms with E-state index >= 15 is 0 Å². The van der Waals surface area contributed by atoms with Crippen LogP contribution in [0.15, 0.2) is 0 Å². The third kappa shape index (κ3) is 5.84. The van der Waals surface area contributed by atoms with Crippen LogP contribution >= 0.6 is 0 Å².